The summed E-state index contributed by atoms with van der Waals surface area (Å²) in [6.45, 7) is 2.48. The summed E-state index contributed by atoms with van der Waals surface area (Å²) < 4.78 is 37.1. The molecule has 0 atom stereocenters. The van der Waals surface area contributed by atoms with Gasteiger partial charge in [0.2, 0.25) is 0 Å². The molecule has 0 aliphatic rings. The van der Waals surface area contributed by atoms with Crippen LogP contribution in [-0.4, -0.2) is 30.1 Å². The molecule has 0 aliphatic heterocycles. The van der Waals surface area contributed by atoms with Gasteiger partial charge < -0.3 is 4.90 Å². The van der Waals surface area contributed by atoms with Crippen molar-refractivity contribution in [1.29, 1.82) is 0 Å². The fourth-order valence-electron chi connectivity index (χ4n) is 1.43. The monoisotopic (exact) mass is 265 g/mol. The Balaban J connectivity index is 2.79. The zero-order chi connectivity index (χ0) is 13.1. The number of rotatable bonds is 4. The van der Waals surface area contributed by atoms with Crippen LogP contribution in [0, 0.1) is 5.92 Å². The second-order valence-electron chi connectivity index (χ2n) is 4.17. The Labute approximate surface area is 102 Å². The molecule has 0 bridgehead atoms. The van der Waals surface area contributed by atoms with E-state index in [4.69, 9.17) is 0 Å². The molecule has 1 aromatic rings. The lowest BCUT2D eigenvalue weighted by molar-refractivity contribution is -0.141. The molecule has 1 heterocycles. The summed E-state index contributed by atoms with van der Waals surface area (Å²) in [5, 5.41) is 1.67. The standard InChI is InChI=1S/C11H14F3NOS/c1-8(2)6-15(7-11(12,13)14)10(16)9-4-3-5-17-9/h3-5,8H,6-7H2,1-2H3. The summed E-state index contributed by atoms with van der Waals surface area (Å²) in [7, 11) is 0. The molecule has 0 N–H and O–H groups in total. The van der Waals surface area contributed by atoms with Crippen molar-refractivity contribution in [2.75, 3.05) is 13.1 Å². The molecule has 0 aromatic carbocycles. The molecule has 6 heteroatoms. The predicted octanol–water partition coefficient (Wildman–Crippen LogP) is 3.41. The van der Waals surface area contributed by atoms with Gasteiger partial charge in [-0.15, -0.1) is 11.3 Å². The molecule has 17 heavy (non-hydrogen) atoms. The Bertz CT molecular complexity index is 359. The maximum absolute atomic E-state index is 12.4. The minimum absolute atomic E-state index is 0.00117. The maximum atomic E-state index is 12.4. The predicted molar refractivity (Wildman–Crippen MR) is 61.1 cm³/mol. The van der Waals surface area contributed by atoms with Gasteiger partial charge in [0, 0.05) is 6.54 Å². The third-order valence-electron chi connectivity index (χ3n) is 1.97. The molecular formula is C11H14F3NOS. The minimum Gasteiger partial charge on any atom is -0.329 e. The summed E-state index contributed by atoms with van der Waals surface area (Å²) in [4.78, 5) is 13.1. The van der Waals surface area contributed by atoms with Crippen LogP contribution in [0.5, 0.6) is 0 Å². The molecule has 1 amide bonds. The fourth-order valence-corrected chi connectivity index (χ4v) is 2.12. The Kier molecular flexibility index (Phi) is 4.56. The van der Waals surface area contributed by atoms with Crippen LogP contribution in [0.2, 0.25) is 0 Å². The quantitative estimate of drug-likeness (QED) is 0.817. The number of nitrogens with zero attached hydrogens (tertiary/aromatic N) is 1. The van der Waals surface area contributed by atoms with Crippen molar-refractivity contribution in [1.82, 2.24) is 4.90 Å². The zero-order valence-corrected chi connectivity index (χ0v) is 10.4. The lowest BCUT2D eigenvalue weighted by Crippen LogP contribution is -2.40. The fraction of sp³-hybridized carbons (Fsp3) is 0.545. The average molecular weight is 265 g/mol. The number of alkyl halides is 3. The summed E-state index contributed by atoms with van der Waals surface area (Å²) >= 11 is 1.15. The smallest absolute Gasteiger partial charge is 0.329 e. The maximum Gasteiger partial charge on any atom is 0.406 e. The molecule has 0 saturated carbocycles. The van der Waals surface area contributed by atoms with Crippen molar-refractivity contribution in [2.45, 2.75) is 20.0 Å². The lowest BCUT2D eigenvalue weighted by Gasteiger charge is -2.25. The number of thiophene rings is 1. The SMILES string of the molecule is CC(C)CN(CC(F)(F)F)C(=O)c1cccs1. The van der Waals surface area contributed by atoms with Gasteiger partial charge in [0.1, 0.15) is 6.54 Å². The van der Waals surface area contributed by atoms with E-state index in [-0.39, 0.29) is 12.5 Å². The minimum atomic E-state index is -4.36. The van der Waals surface area contributed by atoms with Crippen molar-refractivity contribution < 1.29 is 18.0 Å². The van der Waals surface area contributed by atoms with Gasteiger partial charge in [0.25, 0.3) is 5.91 Å². The highest BCUT2D eigenvalue weighted by Gasteiger charge is 2.33. The van der Waals surface area contributed by atoms with E-state index in [2.05, 4.69) is 0 Å². The zero-order valence-electron chi connectivity index (χ0n) is 9.62. The van der Waals surface area contributed by atoms with Gasteiger partial charge in [0.05, 0.1) is 4.88 Å². The molecule has 1 rings (SSSR count). The van der Waals surface area contributed by atoms with Crippen LogP contribution < -0.4 is 0 Å². The Morgan fingerprint density at radius 2 is 2.12 bits per heavy atom. The summed E-state index contributed by atoms with van der Waals surface area (Å²) in [6, 6.07) is 3.19. The van der Waals surface area contributed by atoms with Gasteiger partial charge in [-0.2, -0.15) is 13.2 Å². The van der Waals surface area contributed by atoms with Crippen LogP contribution in [0.4, 0.5) is 13.2 Å². The van der Waals surface area contributed by atoms with Crippen molar-refractivity contribution >= 4 is 17.2 Å². The number of carbonyl (C=O) groups is 1. The highest BCUT2D eigenvalue weighted by molar-refractivity contribution is 7.12. The van der Waals surface area contributed by atoms with Crippen molar-refractivity contribution in [3.8, 4) is 0 Å². The van der Waals surface area contributed by atoms with E-state index >= 15 is 0 Å². The molecule has 1 aromatic heterocycles. The van der Waals surface area contributed by atoms with E-state index in [9.17, 15) is 18.0 Å². The van der Waals surface area contributed by atoms with Crippen LogP contribution in [0.25, 0.3) is 0 Å². The topological polar surface area (TPSA) is 20.3 Å². The third-order valence-corrected chi connectivity index (χ3v) is 2.83. The molecule has 96 valence electrons. The van der Waals surface area contributed by atoms with E-state index in [1.54, 1.807) is 25.3 Å². The van der Waals surface area contributed by atoms with E-state index in [0.717, 1.165) is 16.2 Å². The largest absolute Gasteiger partial charge is 0.406 e. The Hall–Kier alpha value is -1.04. The Morgan fingerprint density at radius 1 is 1.47 bits per heavy atom. The first-order chi connectivity index (χ1) is 7.79. The van der Waals surface area contributed by atoms with Gasteiger partial charge in [-0.1, -0.05) is 19.9 Å². The molecular weight excluding hydrogens is 251 g/mol. The summed E-state index contributed by atoms with van der Waals surface area (Å²) in [5.74, 6) is -0.549. The van der Waals surface area contributed by atoms with Gasteiger partial charge in [-0.05, 0) is 17.4 Å². The second-order valence-corrected chi connectivity index (χ2v) is 5.12. The molecule has 0 fully saturated rings. The van der Waals surface area contributed by atoms with Gasteiger partial charge in [-0.3, -0.25) is 4.79 Å². The van der Waals surface area contributed by atoms with Crippen molar-refractivity contribution in [3.63, 3.8) is 0 Å². The highest BCUT2D eigenvalue weighted by atomic mass is 32.1. The van der Waals surface area contributed by atoms with Crippen LogP contribution in [0.15, 0.2) is 17.5 Å². The average Bonchev–Trinajstić information content (AvgIpc) is 2.65. The first-order valence-electron chi connectivity index (χ1n) is 5.19. The van der Waals surface area contributed by atoms with E-state index in [1.165, 1.54) is 6.07 Å². The number of carbonyl (C=O) groups excluding carboxylic acids is 1. The first-order valence-corrected chi connectivity index (χ1v) is 6.07. The van der Waals surface area contributed by atoms with E-state index in [1.807, 2.05) is 0 Å². The van der Waals surface area contributed by atoms with Gasteiger partial charge in [-0.25, -0.2) is 0 Å². The summed E-state index contributed by atoms with van der Waals surface area (Å²) in [5.41, 5.74) is 0. The van der Waals surface area contributed by atoms with Crippen molar-refractivity contribution in [2.24, 2.45) is 5.92 Å². The number of amides is 1. The van der Waals surface area contributed by atoms with Crippen molar-refractivity contribution in [3.05, 3.63) is 22.4 Å². The van der Waals surface area contributed by atoms with Crippen LogP contribution >= 0.6 is 11.3 Å². The summed E-state index contributed by atoms with van der Waals surface area (Å²) in [6.07, 6.45) is -4.36. The molecule has 2 nitrogen and oxygen atoms in total. The van der Waals surface area contributed by atoms with Crippen LogP contribution in [0.3, 0.4) is 0 Å². The van der Waals surface area contributed by atoms with E-state index < -0.39 is 18.6 Å². The van der Waals surface area contributed by atoms with Crippen LogP contribution in [-0.2, 0) is 0 Å². The first kappa shape index (κ1) is 14.0. The molecule has 0 aliphatic carbocycles. The molecule has 0 unspecified atom stereocenters. The highest BCUT2D eigenvalue weighted by Crippen LogP contribution is 2.20. The number of hydrogen-bond donors (Lipinski definition) is 0. The van der Waals surface area contributed by atoms with Gasteiger partial charge in [0.15, 0.2) is 0 Å². The second kappa shape index (κ2) is 5.53. The third kappa shape index (κ3) is 4.77. The number of halogens is 3. The molecule has 0 saturated heterocycles. The Morgan fingerprint density at radius 3 is 2.53 bits per heavy atom. The normalized spacial score (nSPS) is 11.9. The molecule has 0 radical (unpaired) electrons. The van der Waals surface area contributed by atoms with Crippen LogP contribution in [0.1, 0.15) is 23.5 Å². The number of hydrogen-bond acceptors (Lipinski definition) is 2. The lowest BCUT2D eigenvalue weighted by atomic mass is 10.2. The molecule has 0 spiro atoms. The van der Waals surface area contributed by atoms with Gasteiger partial charge >= 0.3 is 6.18 Å². The van der Waals surface area contributed by atoms with E-state index in [0.29, 0.717) is 4.88 Å².